The van der Waals surface area contributed by atoms with Crippen LogP contribution in [0.15, 0.2) is 51.4 Å². The lowest BCUT2D eigenvalue weighted by atomic mass is 10.2. The van der Waals surface area contributed by atoms with E-state index in [1.807, 2.05) is 29.7 Å². The number of carbonyl (C=O) groups is 1. The molecule has 1 N–H and O–H groups in total. The van der Waals surface area contributed by atoms with Gasteiger partial charge in [-0.1, -0.05) is 12.1 Å². The van der Waals surface area contributed by atoms with E-state index >= 15 is 0 Å². The Hall–Kier alpha value is -2.30. The van der Waals surface area contributed by atoms with Crippen LogP contribution >= 0.6 is 27.7 Å². The molecule has 7 heteroatoms. The number of amides is 1. The van der Waals surface area contributed by atoms with Crippen LogP contribution in [-0.2, 0) is 4.79 Å². The largest absolute Gasteiger partial charge is 0.436 e. The first-order valence-corrected chi connectivity index (χ1v) is 8.41. The summed E-state index contributed by atoms with van der Waals surface area (Å²) >= 11 is 4.37. The van der Waals surface area contributed by atoms with Gasteiger partial charge < -0.3 is 9.73 Å². The number of nitriles is 1. The van der Waals surface area contributed by atoms with Crippen molar-refractivity contribution in [3.63, 3.8) is 0 Å². The molecule has 1 amide bonds. The van der Waals surface area contributed by atoms with Crippen molar-refractivity contribution in [2.45, 2.75) is 0 Å². The van der Waals surface area contributed by atoms with Crippen molar-refractivity contribution in [3.05, 3.63) is 46.9 Å². The number of thiocyanates is 1. The number of halogens is 1. The van der Waals surface area contributed by atoms with Crippen LogP contribution in [0.5, 0.6) is 0 Å². The van der Waals surface area contributed by atoms with Crippen molar-refractivity contribution in [1.29, 1.82) is 5.26 Å². The zero-order chi connectivity index (χ0) is 16.2. The molecule has 0 bridgehead atoms. The predicted octanol–water partition coefficient (Wildman–Crippen LogP) is 4.41. The van der Waals surface area contributed by atoms with E-state index in [2.05, 4.69) is 26.2 Å². The lowest BCUT2D eigenvalue weighted by molar-refractivity contribution is -0.113. The highest BCUT2D eigenvalue weighted by molar-refractivity contribution is 9.10. The minimum Gasteiger partial charge on any atom is -0.436 e. The third-order valence-corrected chi connectivity index (χ3v) is 4.27. The number of hydrogen-bond acceptors (Lipinski definition) is 5. The maximum atomic E-state index is 11.6. The average molecular weight is 388 g/mol. The number of nitrogens with one attached hydrogen (secondary N) is 1. The molecule has 3 rings (SSSR count). The summed E-state index contributed by atoms with van der Waals surface area (Å²) in [5, 5.41) is 13.0. The molecule has 0 aliphatic rings. The molecule has 0 spiro atoms. The monoisotopic (exact) mass is 387 g/mol. The van der Waals surface area contributed by atoms with Crippen LogP contribution in [0.1, 0.15) is 0 Å². The molecule has 23 heavy (non-hydrogen) atoms. The third-order valence-electron chi connectivity index (χ3n) is 3.04. The van der Waals surface area contributed by atoms with Crippen molar-refractivity contribution in [2.75, 3.05) is 11.1 Å². The van der Waals surface area contributed by atoms with Crippen molar-refractivity contribution < 1.29 is 9.21 Å². The van der Waals surface area contributed by atoms with Gasteiger partial charge in [0.15, 0.2) is 5.58 Å². The molecule has 0 aliphatic carbocycles. The summed E-state index contributed by atoms with van der Waals surface area (Å²) in [7, 11) is 0. The number of oxazole rings is 1. The molecular formula is C16H10BrN3O2S. The maximum absolute atomic E-state index is 11.6. The third kappa shape index (κ3) is 3.55. The Balaban J connectivity index is 1.88. The van der Waals surface area contributed by atoms with Gasteiger partial charge in [0.25, 0.3) is 0 Å². The molecule has 114 valence electrons. The number of carbonyl (C=O) groups excluding carboxylic acids is 1. The Morgan fingerprint density at radius 3 is 2.96 bits per heavy atom. The molecule has 2 aromatic carbocycles. The van der Waals surface area contributed by atoms with Crippen LogP contribution in [0, 0.1) is 10.7 Å². The Morgan fingerprint density at radius 1 is 1.35 bits per heavy atom. The van der Waals surface area contributed by atoms with Crippen molar-refractivity contribution in [2.24, 2.45) is 0 Å². The Bertz CT molecular complexity index is 917. The van der Waals surface area contributed by atoms with Crippen LogP contribution in [0.25, 0.3) is 22.6 Å². The Kier molecular flexibility index (Phi) is 4.65. The highest BCUT2D eigenvalue weighted by Gasteiger charge is 2.12. The number of hydrogen-bond donors (Lipinski definition) is 1. The number of nitrogens with zero attached hydrogens (tertiary/aromatic N) is 2. The molecule has 0 saturated carbocycles. The molecule has 0 atom stereocenters. The summed E-state index contributed by atoms with van der Waals surface area (Å²) in [4.78, 5) is 16.1. The molecule has 0 aliphatic heterocycles. The van der Waals surface area contributed by atoms with E-state index in [1.54, 1.807) is 18.2 Å². The summed E-state index contributed by atoms with van der Waals surface area (Å²) in [6.45, 7) is 0. The first kappa shape index (κ1) is 15.6. The zero-order valence-corrected chi connectivity index (χ0v) is 14.1. The lowest BCUT2D eigenvalue weighted by Gasteiger charge is -2.02. The standard InChI is InChI=1S/C16H10BrN3O2S/c17-12-4-2-1-3-11(12)16-20-13-6-5-10(7-14(13)22-16)19-15(21)8-23-9-18/h1-7H,8H2,(H,19,21). The molecule has 0 radical (unpaired) electrons. The predicted molar refractivity (Wildman–Crippen MR) is 93.8 cm³/mol. The molecule has 1 heterocycles. The quantitative estimate of drug-likeness (QED) is 0.670. The number of anilines is 1. The van der Waals surface area contributed by atoms with Gasteiger partial charge in [-0.3, -0.25) is 4.79 Å². The smallest absolute Gasteiger partial charge is 0.235 e. The minimum atomic E-state index is -0.235. The SMILES string of the molecule is N#CSCC(=O)Nc1ccc2nc(-c3ccccc3Br)oc2c1. The van der Waals surface area contributed by atoms with Crippen molar-refractivity contribution in [3.8, 4) is 16.9 Å². The van der Waals surface area contributed by atoms with Gasteiger partial charge in [0.1, 0.15) is 10.9 Å². The van der Waals surface area contributed by atoms with Gasteiger partial charge in [-0.25, -0.2) is 4.98 Å². The van der Waals surface area contributed by atoms with Crippen LogP contribution < -0.4 is 5.32 Å². The van der Waals surface area contributed by atoms with E-state index in [0.717, 1.165) is 21.8 Å². The van der Waals surface area contributed by atoms with E-state index in [0.29, 0.717) is 22.7 Å². The van der Waals surface area contributed by atoms with E-state index in [-0.39, 0.29) is 11.7 Å². The molecule has 1 aromatic heterocycles. The molecule has 0 fully saturated rings. The van der Waals surface area contributed by atoms with E-state index in [1.165, 1.54) is 0 Å². The van der Waals surface area contributed by atoms with Gasteiger partial charge in [-0.2, -0.15) is 5.26 Å². The Labute approximate surface area is 144 Å². The highest BCUT2D eigenvalue weighted by atomic mass is 79.9. The van der Waals surface area contributed by atoms with Gasteiger partial charge in [0.05, 0.1) is 11.3 Å². The number of benzene rings is 2. The second kappa shape index (κ2) is 6.86. The maximum Gasteiger partial charge on any atom is 0.235 e. The summed E-state index contributed by atoms with van der Waals surface area (Å²) < 4.78 is 6.69. The number of fused-ring (bicyclic) bond motifs is 1. The van der Waals surface area contributed by atoms with Crippen LogP contribution in [-0.4, -0.2) is 16.6 Å². The van der Waals surface area contributed by atoms with E-state index < -0.39 is 0 Å². The first-order valence-electron chi connectivity index (χ1n) is 6.63. The van der Waals surface area contributed by atoms with Crippen molar-refractivity contribution >= 4 is 50.4 Å². The van der Waals surface area contributed by atoms with Crippen molar-refractivity contribution in [1.82, 2.24) is 4.98 Å². The first-order chi connectivity index (χ1) is 11.2. The van der Waals surface area contributed by atoms with Gasteiger partial charge >= 0.3 is 0 Å². The average Bonchev–Trinajstić information content (AvgIpc) is 2.96. The van der Waals surface area contributed by atoms with E-state index in [4.69, 9.17) is 9.68 Å². The van der Waals surface area contributed by atoms with Gasteiger partial charge in [0, 0.05) is 16.2 Å². The fourth-order valence-corrected chi connectivity index (χ4v) is 2.77. The topological polar surface area (TPSA) is 78.9 Å². The second-order valence-electron chi connectivity index (χ2n) is 4.61. The lowest BCUT2D eigenvalue weighted by Crippen LogP contribution is -2.13. The van der Waals surface area contributed by atoms with Crippen LogP contribution in [0.2, 0.25) is 0 Å². The molecule has 0 saturated heterocycles. The molecule has 0 unspecified atom stereocenters. The number of thioether (sulfide) groups is 1. The van der Waals surface area contributed by atoms with Crippen LogP contribution in [0.3, 0.4) is 0 Å². The normalized spacial score (nSPS) is 10.4. The Morgan fingerprint density at radius 2 is 2.17 bits per heavy atom. The summed E-state index contributed by atoms with van der Waals surface area (Å²) in [6.07, 6.45) is 0. The van der Waals surface area contributed by atoms with E-state index in [9.17, 15) is 4.79 Å². The number of rotatable bonds is 4. The molecule has 5 nitrogen and oxygen atoms in total. The fourth-order valence-electron chi connectivity index (χ4n) is 2.05. The minimum absolute atomic E-state index is 0.0904. The van der Waals surface area contributed by atoms with Gasteiger partial charge in [-0.05, 0) is 52.0 Å². The van der Waals surface area contributed by atoms with Crippen LogP contribution in [0.4, 0.5) is 5.69 Å². The zero-order valence-electron chi connectivity index (χ0n) is 11.7. The summed E-state index contributed by atoms with van der Waals surface area (Å²) in [5.41, 5.74) is 2.76. The highest BCUT2D eigenvalue weighted by Crippen LogP contribution is 2.30. The van der Waals surface area contributed by atoms with Gasteiger partial charge in [-0.15, -0.1) is 0 Å². The fraction of sp³-hybridized carbons (Fsp3) is 0.0625. The summed E-state index contributed by atoms with van der Waals surface area (Å²) in [5.74, 6) is 0.366. The number of aromatic nitrogens is 1. The second-order valence-corrected chi connectivity index (χ2v) is 6.22. The summed E-state index contributed by atoms with van der Waals surface area (Å²) in [6, 6.07) is 12.9. The molecule has 3 aromatic rings. The molecular weight excluding hydrogens is 378 g/mol. The van der Waals surface area contributed by atoms with Gasteiger partial charge in [0.2, 0.25) is 11.8 Å².